The van der Waals surface area contributed by atoms with E-state index in [0.717, 1.165) is 4.90 Å². The molecule has 0 spiro atoms. The number of alkyl halides is 2. The molecule has 5 amide bonds. The Morgan fingerprint density at radius 1 is 0.912 bits per heavy atom. The Labute approximate surface area is 393 Å². The predicted molar refractivity (Wildman–Crippen MR) is 249 cm³/mol. The van der Waals surface area contributed by atoms with Crippen molar-refractivity contribution >= 4 is 29.5 Å². The van der Waals surface area contributed by atoms with Crippen LogP contribution in [0.25, 0.3) is 22.5 Å². The van der Waals surface area contributed by atoms with Crippen LogP contribution < -0.4 is 47.9 Å². The highest BCUT2D eigenvalue weighted by molar-refractivity contribution is 6.00. The average Bonchev–Trinajstić information content (AvgIpc) is 3.31. The SMILES string of the molecule is CCCC(F)(F)c1ccc(-c2nc(C)c(C(=O)NC(CCN)C(=O)N(C)[C@@H]3C(=O)N[C@@H](C)C(=O)N[C@H](C(=O)NCC#N)Cc4ccc(OCCN)c(c4)-c4cc3ccc4OCCN)c(C)n2)cc1. The second kappa shape index (κ2) is 23.6. The lowest BCUT2D eigenvalue weighted by Gasteiger charge is -2.32. The van der Waals surface area contributed by atoms with Crippen molar-refractivity contribution < 1.29 is 42.2 Å². The first-order valence-electron chi connectivity index (χ1n) is 22.3. The maximum absolute atomic E-state index is 14.7. The zero-order valence-corrected chi connectivity index (χ0v) is 38.8. The quantitative estimate of drug-likeness (QED) is 0.0708. The number of fused-ring (bicyclic) bond motifs is 5. The number of halogens is 2. The molecule has 18 nitrogen and oxygen atoms in total. The molecular weight excluding hydrogens is 881 g/mol. The van der Waals surface area contributed by atoms with Gasteiger partial charge in [-0.3, -0.25) is 24.0 Å². The minimum atomic E-state index is -2.99. The second-order valence-electron chi connectivity index (χ2n) is 16.3. The van der Waals surface area contributed by atoms with Crippen molar-refractivity contribution in [2.45, 2.75) is 83.5 Å². The largest absolute Gasteiger partial charge is 0.492 e. The molecule has 68 heavy (non-hydrogen) atoms. The number of aromatic nitrogens is 2. The first-order chi connectivity index (χ1) is 32.5. The molecule has 0 saturated heterocycles. The van der Waals surface area contributed by atoms with Crippen LogP contribution in [0.3, 0.4) is 0 Å². The molecule has 1 aliphatic heterocycles. The summed E-state index contributed by atoms with van der Waals surface area (Å²) in [4.78, 5) is 80.6. The average molecular weight is 940 g/mol. The van der Waals surface area contributed by atoms with E-state index in [4.69, 9.17) is 31.9 Å². The van der Waals surface area contributed by atoms with Crippen LogP contribution in [-0.4, -0.2) is 109 Å². The fourth-order valence-corrected chi connectivity index (χ4v) is 7.86. The number of hydrogen-bond acceptors (Lipinski definition) is 13. The molecule has 0 fully saturated rings. The lowest BCUT2D eigenvalue weighted by atomic mass is 9.93. The van der Waals surface area contributed by atoms with Gasteiger partial charge in [-0.25, -0.2) is 18.7 Å². The van der Waals surface area contributed by atoms with Gasteiger partial charge in [0.05, 0.1) is 23.0 Å². The van der Waals surface area contributed by atoms with Gasteiger partial charge in [0.15, 0.2) is 5.82 Å². The van der Waals surface area contributed by atoms with Gasteiger partial charge in [-0.1, -0.05) is 49.7 Å². The van der Waals surface area contributed by atoms with Crippen molar-refractivity contribution in [1.82, 2.24) is 36.1 Å². The molecule has 2 heterocycles. The summed E-state index contributed by atoms with van der Waals surface area (Å²) in [6.07, 6.45) is -0.0696. The van der Waals surface area contributed by atoms with Gasteiger partial charge in [-0.2, -0.15) is 5.26 Å². The van der Waals surface area contributed by atoms with Gasteiger partial charge in [0.1, 0.15) is 55.4 Å². The smallest absolute Gasteiger partial charge is 0.273 e. The number of hydrogen-bond donors (Lipinski definition) is 7. The molecule has 20 heteroatoms. The molecule has 0 saturated carbocycles. The van der Waals surface area contributed by atoms with Crippen molar-refractivity contribution in [1.29, 1.82) is 5.26 Å². The summed E-state index contributed by atoms with van der Waals surface area (Å²) in [7, 11) is 1.37. The molecule has 4 aromatic rings. The molecular formula is C48H59F2N11O7. The highest BCUT2D eigenvalue weighted by Gasteiger charge is 2.37. The van der Waals surface area contributed by atoms with Crippen LogP contribution >= 0.6 is 0 Å². The van der Waals surface area contributed by atoms with Crippen LogP contribution in [0, 0.1) is 25.2 Å². The van der Waals surface area contributed by atoms with Gasteiger partial charge < -0.3 is 52.8 Å². The zero-order valence-electron chi connectivity index (χ0n) is 38.8. The third kappa shape index (κ3) is 12.5. The van der Waals surface area contributed by atoms with Crippen LogP contribution in [0.4, 0.5) is 8.78 Å². The molecule has 10 N–H and O–H groups in total. The second-order valence-corrected chi connectivity index (χ2v) is 16.3. The number of nitrogens with one attached hydrogen (secondary N) is 4. The van der Waals surface area contributed by atoms with Crippen LogP contribution in [0.2, 0.25) is 0 Å². The fraction of sp³-hybridized carbons (Fsp3) is 0.417. The number of carbonyl (C=O) groups is 5. The van der Waals surface area contributed by atoms with Crippen LogP contribution in [0.5, 0.6) is 11.5 Å². The Morgan fingerprint density at radius 2 is 1.53 bits per heavy atom. The molecule has 1 aliphatic rings. The van der Waals surface area contributed by atoms with Gasteiger partial charge in [-0.05, 0) is 69.1 Å². The first kappa shape index (κ1) is 51.9. The van der Waals surface area contributed by atoms with E-state index in [1.54, 1.807) is 57.2 Å². The predicted octanol–water partition coefficient (Wildman–Crippen LogP) is 2.83. The topological polar surface area (TPSA) is 283 Å². The zero-order chi connectivity index (χ0) is 49.7. The number of likely N-dealkylation sites (N-methyl/N-ethyl adjacent to an activating group) is 1. The molecule has 4 atom stereocenters. The van der Waals surface area contributed by atoms with E-state index < -0.39 is 59.6 Å². The number of benzene rings is 3. The number of rotatable bonds is 18. The summed E-state index contributed by atoms with van der Waals surface area (Å²) in [5, 5.41) is 19.8. The number of carbonyl (C=O) groups excluding carboxylic acids is 5. The van der Waals surface area contributed by atoms with Gasteiger partial charge in [-0.15, -0.1) is 0 Å². The van der Waals surface area contributed by atoms with E-state index in [2.05, 4.69) is 31.2 Å². The van der Waals surface area contributed by atoms with E-state index in [1.165, 1.54) is 38.2 Å². The van der Waals surface area contributed by atoms with Gasteiger partial charge in [0.2, 0.25) is 23.6 Å². The number of nitriles is 1. The Hall–Kier alpha value is -7.08. The number of aryl methyl sites for hydroxylation is 2. The lowest BCUT2D eigenvalue weighted by Crippen LogP contribution is -2.56. The first-order valence-corrected chi connectivity index (χ1v) is 22.3. The number of ether oxygens (including phenoxy) is 2. The summed E-state index contributed by atoms with van der Waals surface area (Å²) in [5.41, 5.74) is 20.3. The van der Waals surface area contributed by atoms with E-state index in [0.29, 0.717) is 40.2 Å². The molecule has 4 bridgehead atoms. The van der Waals surface area contributed by atoms with Crippen LogP contribution in [0.15, 0.2) is 60.7 Å². The van der Waals surface area contributed by atoms with Crippen molar-refractivity contribution in [3.63, 3.8) is 0 Å². The third-order valence-electron chi connectivity index (χ3n) is 11.2. The Kier molecular flexibility index (Phi) is 18.0. The summed E-state index contributed by atoms with van der Waals surface area (Å²) >= 11 is 0. The van der Waals surface area contributed by atoms with E-state index >= 15 is 0 Å². The Bertz CT molecular complexity index is 2500. The standard InChI is InChI=1S/C48H59F2N11O7/c1-6-16-48(49,50)33-11-8-31(9-12-33)42-56-27(2)40(28(3)57-42)45(64)59-36(15-17-51)47(66)61(5)41-32-10-14-39(68-23-20-54)35(26-32)34-24-30(7-13-38(34)67-22-19-53)25-37(44(63)55-21-18-52)60-43(62)29(4)58-46(41)65/h7-14,24,26,29,36-37,41H,6,15-17,19-23,25,51,53-54H2,1-5H3,(H,55,63)(H,58,65)(H,59,64)(H,60,62)/t29-,36?,37-,41-/m0/s1. The Balaban J connectivity index is 1.55. The van der Waals surface area contributed by atoms with Crippen molar-refractivity contribution in [2.24, 2.45) is 17.2 Å². The molecule has 1 aromatic heterocycles. The van der Waals surface area contributed by atoms with Crippen molar-refractivity contribution in [2.75, 3.05) is 46.4 Å². The van der Waals surface area contributed by atoms with Crippen LogP contribution in [-0.2, 0) is 31.5 Å². The number of nitrogens with two attached hydrogens (primary N) is 3. The normalized spacial score (nSPS) is 16.5. The molecule has 1 unspecified atom stereocenters. The summed E-state index contributed by atoms with van der Waals surface area (Å²) < 4.78 is 41.3. The minimum absolute atomic E-state index is 0.0211. The lowest BCUT2D eigenvalue weighted by molar-refractivity contribution is -0.141. The number of amides is 5. The van der Waals surface area contributed by atoms with Crippen molar-refractivity contribution in [3.05, 3.63) is 94.3 Å². The third-order valence-corrected chi connectivity index (χ3v) is 11.2. The molecule has 3 aromatic carbocycles. The van der Waals surface area contributed by atoms with E-state index in [-0.39, 0.29) is 92.6 Å². The van der Waals surface area contributed by atoms with Gasteiger partial charge >= 0.3 is 0 Å². The minimum Gasteiger partial charge on any atom is -0.492 e. The fourth-order valence-electron chi connectivity index (χ4n) is 7.86. The molecule has 362 valence electrons. The van der Waals surface area contributed by atoms with Gasteiger partial charge in [0, 0.05) is 55.2 Å². The molecule has 5 rings (SSSR count). The number of nitrogens with zero attached hydrogens (tertiary/aromatic N) is 4. The maximum Gasteiger partial charge on any atom is 0.273 e. The van der Waals surface area contributed by atoms with Crippen LogP contribution in [0.1, 0.15) is 77.6 Å². The van der Waals surface area contributed by atoms with E-state index in [9.17, 15) is 32.8 Å². The highest BCUT2D eigenvalue weighted by atomic mass is 19.3. The highest BCUT2D eigenvalue weighted by Crippen LogP contribution is 2.40. The summed E-state index contributed by atoms with van der Waals surface area (Å²) in [5.74, 6) is -5.66. The maximum atomic E-state index is 14.7. The van der Waals surface area contributed by atoms with E-state index in [1.807, 2.05) is 6.07 Å². The summed E-state index contributed by atoms with van der Waals surface area (Å²) in [6.45, 7) is 6.47. The van der Waals surface area contributed by atoms with Crippen molar-refractivity contribution in [3.8, 4) is 40.1 Å². The van der Waals surface area contributed by atoms with Gasteiger partial charge in [0.25, 0.3) is 11.8 Å². The molecule has 0 radical (unpaired) electrons. The Morgan fingerprint density at radius 3 is 2.12 bits per heavy atom. The molecule has 0 aliphatic carbocycles. The summed E-state index contributed by atoms with van der Waals surface area (Å²) in [6, 6.07) is 12.3. The monoisotopic (exact) mass is 939 g/mol.